The van der Waals surface area contributed by atoms with E-state index in [-0.39, 0.29) is 5.92 Å². The van der Waals surface area contributed by atoms with Gasteiger partial charge in [0.25, 0.3) is 5.91 Å². The number of carbonyl (C=O) groups excluding carboxylic acids is 1. The monoisotopic (exact) mass is 328 g/mol. The van der Waals surface area contributed by atoms with Crippen molar-refractivity contribution in [3.8, 4) is 5.75 Å². The molecule has 1 amide bonds. The van der Waals surface area contributed by atoms with E-state index in [1.165, 1.54) is 0 Å². The van der Waals surface area contributed by atoms with Gasteiger partial charge in [0, 0.05) is 23.5 Å². The number of nitrogens with zero attached hydrogens (tertiary/aromatic N) is 1. The smallest absolute Gasteiger partial charge is 0.326 e. The first-order chi connectivity index (χ1) is 11.5. The maximum Gasteiger partial charge on any atom is 0.326 e. The fourth-order valence-corrected chi connectivity index (χ4v) is 2.12. The van der Waals surface area contributed by atoms with Crippen molar-refractivity contribution < 1.29 is 19.4 Å². The zero-order chi connectivity index (χ0) is 17.5. The van der Waals surface area contributed by atoms with E-state index < -0.39 is 17.9 Å². The van der Waals surface area contributed by atoms with Crippen LogP contribution in [0.5, 0.6) is 5.75 Å². The average Bonchev–Trinajstić information content (AvgIpc) is 2.58. The minimum absolute atomic E-state index is 0.212. The number of benzene rings is 1. The van der Waals surface area contributed by atoms with Crippen molar-refractivity contribution in [1.29, 1.82) is 0 Å². The Labute approximate surface area is 140 Å². The van der Waals surface area contributed by atoms with Crippen LogP contribution in [-0.4, -0.2) is 28.0 Å². The van der Waals surface area contributed by atoms with E-state index in [1.54, 1.807) is 50.5 Å². The lowest BCUT2D eigenvalue weighted by Crippen LogP contribution is -2.44. The summed E-state index contributed by atoms with van der Waals surface area (Å²) >= 11 is 0. The second-order valence-corrected chi connectivity index (χ2v) is 5.71. The van der Waals surface area contributed by atoms with Gasteiger partial charge in [-0.2, -0.15) is 0 Å². The van der Waals surface area contributed by atoms with Crippen LogP contribution in [0.25, 0.3) is 0 Å². The molecule has 0 radical (unpaired) electrons. The van der Waals surface area contributed by atoms with Crippen molar-refractivity contribution in [1.82, 2.24) is 10.3 Å². The second-order valence-electron chi connectivity index (χ2n) is 5.71. The van der Waals surface area contributed by atoms with Crippen molar-refractivity contribution in [3.05, 3.63) is 59.9 Å². The van der Waals surface area contributed by atoms with E-state index in [1.807, 2.05) is 12.1 Å². The quantitative estimate of drug-likeness (QED) is 0.815. The molecule has 1 aromatic carbocycles. The predicted octanol–water partition coefficient (Wildman–Crippen LogP) is 2.50. The summed E-state index contributed by atoms with van der Waals surface area (Å²) in [5, 5.41) is 11.7. The fourth-order valence-electron chi connectivity index (χ4n) is 2.12. The predicted molar refractivity (Wildman–Crippen MR) is 88.7 cm³/mol. The molecule has 0 aliphatic rings. The zero-order valence-electron chi connectivity index (χ0n) is 13.6. The topological polar surface area (TPSA) is 88.5 Å². The maximum absolute atomic E-state index is 12.3. The van der Waals surface area contributed by atoms with Crippen LogP contribution in [0, 0.1) is 5.92 Å². The van der Waals surface area contributed by atoms with Crippen LogP contribution in [0.15, 0.2) is 48.8 Å². The molecule has 0 aliphatic heterocycles. The normalized spacial score (nSPS) is 11.8. The Balaban J connectivity index is 2.03. The van der Waals surface area contributed by atoms with Crippen molar-refractivity contribution in [3.63, 3.8) is 0 Å². The molecule has 24 heavy (non-hydrogen) atoms. The summed E-state index contributed by atoms with van der Waals surface area (Å²) in [6.07, 6.45) is 3.39. The lowest BCUT2D eigenvalue weighted by Gasteiger charge is -2.18. The van der Waals surface area contributed by atoms with Crippen LogP contribution in [-0.2, 0) is 11.4 Å². The first-order valence-electron chi connectivity index (χ1n) is 7.63. The molecule has 6 nitrogen and oxygen atoms in total. The van der Waals surface area contributed by atoms with Crippen LogP contribution < -0.4 is 10.1 Å². The number of hydrogen-bond donors (Lipinski definition) is 2. The maximum atomic E-state index is 12.3. The number of aliphatic carboxylic acids is 1. The van der Waals surface area contributed by atoms with E-state index in [9.17, 15) is 9.59 Å². The van der Waals surface area contributed by atoms with Crippen LogP contribution in [0.4, 0.5) is 0 Å². The minimum atomic E-state index is -1.05. The standard InChI is InChI=1S/C18H20N2O4/c1-12(2)16(18(22)23)20-17(21)14-6-3-7-15(9-14)24-11-13-5-4-8-19-10-13/h3-10,12,16H,11H2,1-2H3,(H,20,21)(H,22,23)/t16-/m1/s1. The van der Waals surface area contributed by atoms with Gasteiger partial charge in [0.2, 0.25) is 0 Å². The third kappa shape index (κ3) is 4.81. The molecular weight excluding hydrogens is 308 g/mol. The Morgan fingerprint density at radius 3 is 2.67 bits per heavy atom. The Bertz CT molecular complexity index is 701. The Hall–Kier alpha value is -2.89. The molecule has 2 aromatic rings. The molecule has 1 atom stereocenters. The lowest BCUT2D eigenvalue weighted by molar-refractivity contribution is -0.140. The molecule has 0 fully saturated rings. The Kier molecular flexibility index (Phi) is 5.89. The molecule has 0 saturated carbocycles. The zero-order valence-corrected chi connectivity index (χ0v) is 13.6. The summed E-state index contributed by atoms with van der Waals surface area (Å²) in [5.41, 5.74) is 1.27. The van der Waals surface area contributed by atoms with Gasteiger partial charge in [0.15, 0.2) is 0 Å². The largest absolute Gasteiger partial charge is 0.489 e. The summed E-state index contributed by atoms with van der Waals surface area (Å²) in [7, 11) is 0. The number of pyridine rings is 1. The molecule has 126 valence electrons. The van der Waals surface area contributed by atoms with Crippen LogP contribution >= 0.6 is 0 Å². The third-order valence-corrected chi connectivity index (χ3v) is 3.44. The SMILES string of the molecule is CC(C)[C@@H](NC(=O)c1cccc(OCc2cccnc2)c1)C(=O)O. The number of aromatic nitrogens is 1. The van der Waals surface area contributed by atoms with Crippen molar-refractivity contribution in [2.75, 3.05) is 0 Å². The molecule has 0 unspecified atom stereocenters. The Morgan fingerprint density at radius 1 is 1.25 bits per heavy atom. The number of amides is 1. The van der Waals surface area contributed by atoms with Crippen molar-refractivity contribution in [2.45, 2.75) is 26.5 Å². The van der Waals surface area contributed by atoms with Gasteiger partial charge in [-0.15, -0.1) is 0 Å². The molecule has 2 rings (SSSR count). The molecule has 0 spiro atoms. The summed E-state index contributed by atoms with van der Waals surface area (Å²) in [5.74, 6) is -1.18. The molecule has 0 saturated heterocycles. The number of nitrogens with one attached hydrogen (secondary N) is 1. The highest BCUT2D eigenvalue weighted by molar-refractivity contribution is 5.96. The summed E-state index contributed by atoms with van der Waals surface area (Å²) in [6.45, 7) is 3.82. The van der Waals surface area contributed by atoms with Gasteiger partial charge in [-0.1, -0.05) is 26.0 Å². The van der Waals surface area contributed by atoms with Crippen molar-refractivity contribution >= 4 is 11.9 Å². The van der Waals surface area contributed by atoms with Crippen LogP contribution in [0.1, 0.15) is 29.8 Å². The van der Waals surface area contributed by atoms with E-state index in [4.69, 9.17) is 9.84 Å². The highest BCUT2D eigenvalue weighted by Gasteiger charge is 2.24. The van der Waals surface area contributed by atoms with Gasteiger partial charge in [-0.3, -0.25) is 9.78 Å². The summed E-state index contributed by atoms with van der Waals surface area (Å²) in [4.78, 5) is 27.4. The minimum Gasteiger partial charge on any atom is -0.489 e. The van der Waals surface area contributed by atoms with Crippen molar-refractivity contribution in [2.24, 2.45) is 5.92 Å². The van der Waals surface area contributed by atoms with Gasteiger partial charge in [-0.25, -0.2) is 4.79 Å². The number of carboxylic acids is 1. The summed E-state index contributed by atoms with van der Waals surface area (Å²) < 4.78 is 5.65. The number of carbonyl (C=O) groups is 2. The first-order valence-corrected chi connectivity index (χ1v) is 7.63. The average molecular weight is 328 g/mol. The van der Waals surface area contributed by atoms with E-state index in [0.29, 0.717) is 17.9 Å². The van der Waals surface area contributed by atoms with E-state index in [2.05, 4.69) is 10.3 Å². The van der Waals surface area contributed by atoms with Gasteiger partial charge in [0.05, 0.1) is 0 Å². The molecule has 0 aliphatic carbocycles. The van der Waals surface area contributed by atoms with E-state index in [0.717, 1.165) is 5.56 Å². The molecule has 1 heterocycles. The molecule has 2 N–H and O–H groups in total. The van der Waals surface area contributed by atoms with Crippen LogP contribution in [0.3, 0.4) is 0 Å². The van der Waals surface area contributed by atoms with Gasteiger partial charge >= 0.3 is 5.97 Å². The number of hydrogen-bond acceptors (Lipinski definition) is 4. The van der Waals surface area contributed by atoms with Gasteiger partial charge in [0.1, 0.15) is 18.4 Å². The third-order valence-electron chi connectivity index (χ3n) is 3.44. The Morgan fingerprint density at radius 2 is 2.04 bits per heavy atom. The van der Waals surface area contributed by atoms with E-state index >= 15 is 0 Å². The van der Waals surface area contributed by atoms with Crippen LogP contribution in [0.2, 0.25) is 0 Å². The lowest BCUT2D eigenvalue weighted by atomic mass is 10.0. The number of carboxylic acid groups (broad SMARTS) is 1. The number of rotatable bonds is 7. The molecular formula is C18H20N2O4. The highest BCUT2D eigenvalue weighted by Crippen LogP contribution is 2.15. The van der Waals surface area contributed by atoms with Gasteiger partial charge in [-0.05, 0) is 30.2 Å². The highest BCUT2D eigenvalue weighted by atomic mass is 16.5. The molecule has 1 aromatic heterocycles. The first kappa shape index (κ1) is 17.5. The second kappa shape index (κ2) is 8.10. The number of ether oxygens (including phenoxy) is 1. The summed E-state index contributed by atoms with van der Waals surface area (Å²) in [6, 6.07) is 9.42. The molecule has 0 bridgehead atoms. The molecule has 6 heteroatoms. The van der Waals surface area contributed by atoms with Gasteiger partial charge < -0.3 is 15.2 Å². The fraction of sp³-hybridized carbons (Fsp3) is 0.278.